The number of nitrogens with zero attached hydrogens (tertiary/aromatic N) is 2. The number of rotatable bonds is 4. The lowest BCUT2D eigenvalue weighted by atomic mass is 10.2. The molecular weight excluding hydrogens is 246 g/mol. The Labute approximate surface area is 109 Å². The molecule has 0 saturated heterocycles. The summed E-state index contributed by atoms with van der Waals surface area (Å²) in [5.74, 6) is 0.152. The standard InChI is InChI=1S/C13H11N3O3/c17-13-6-1-3-10(7-13)9-14-15-11-4-2-5-12(8-11)16(18)19/h1-9,15,17H. The number of phenols is 1. The van der Waals surface area contributed by atoms with Crippen LogP contribution >= 0.6 is 0 Å². The molecule has 0 radical (unpaired) electrons. The fraction of sp³-hybridized carbons (Fsp3) is 0. The number of benzene rings is 2. The highest BCUT2D eigenvalue weighted by Crippen LogP contribution is 2.17. The van der Waals surface area contributed by atoms with Crippen LogP contribution in [0.15, 0.2) is 53.6 Å². The number of hydrazone groups is 1. The number of aromatic hydroxyl groups is 1. The zero-order valence-corrected chi connectivity index (χ0v) is 9.85. The molecule has 6 heteroatoms. The van der Waals surface area contributed by atoms with Gasteiger partial charge in [-0.25, -0.2) is 0 Å². The van der Waals surface area contributed by atoms with E-state index in [1.165, 1.54) is 18.3 Å². The van der Waals surface area contributed by atoms with Gasteiger partial charge >= 0.3 is 0 Å². The van der Waals surface area contributed by atoms with Crippen molar-refractivity contribution in [2.24, 2.45) is 5.10 Å². The molecule has 0 spiro atoms. The van der Waals surface area contributed by atoms with E-state index in [2.05, 4.69) is 10.5 Å². The summed E-state index contributed by atoms with van der Waals surface area (Å²) in [6, 6.07) is 12.6. The van der Waals surface area contributed by atoms with Crippen molar-refractivity contribution in [3.63, 3.8) is 0 Å². The first kappa shape index (κ1) is 12.6. The normalized spacial score (nSPS) is 10.5. The molecule has 0 saturated carbocycles. The summed E-state index contributed by atoms with van der Waals surface area (Å²) in [6.45, 7) is 0. The van der Waals surface area contributed by atoms with Gasteiger partial charge in [0.05, 0.1) is 16.8 Å². The summed E-state index contributed by atoms with van der Waals surface area (Å²) >= 11 is 0. The highest BCUT2D eigenvalue weighted by Gasteiger charge is 2.04. The lowest BCUT2D eigenvalue weighted by molar-refractivity contribution is -0.384. The van der Waals surface area contributed by atoms with Crippen LogP contribution in [0.25, 0.3) is 0 Å². The maximum absolute atomic E-state index is 10.6. The Balaban J connectivity index is 2.06. The van der Waals surface area contributed by atoms with Gasteiger partial charge in [0, 0.05) is 12.1 Å². The quantitative estimate of drug-likeness (QED) is 0.500. The van der Waals surface area contributed by atoms with Gasteiger partial charge in [0.25, 0.3) is 5.69 Å². The van der Waals surface area contributed by atoms with Gasteiger partial charge in [-0.2, -0.15) is 5.10 Å². The number of anilines is 1. The largest absolute Gasteiger partial charge is 0.508 e. The van der Waals surface area contributed by atoms with Crippen LogP contribution in [0.2, 0.25) is 0 Å². The van der Waals surface area contributed by atoms with Gasteiger partial charge in [-0.05, 0) is 23.8 Å². The number of phenolic OH excluding ortho intramolecular Hbond substituents is 1. The minimum Gasteiger partial charge on any atom is -0.508 e. The van der Waals surface area contributed by atoms with E-state index in [0.717, 1.165) is 5.56 Å². The lowest BCUT2D eigenvalue weighted by Crippen LogP contribution is -1.92. The predicted octanol–water partition coefficient (Wildman–Crippen LogP) is 2.75. The predicted molar refractivity (Wildman–Crippen MR) is 72.4 cm³/mol. The van der Waals surface area contributed by atoms with Crippen LogP contribution in [0.4, 0.5) is 11.4 Å². The fourth-order valence-electron chi connectivity index (χ4n) is 1.48. The topological polar surface area (TPSA) is 87.8 Å². The number of nitro benzene ring substituents is 1. The molecule has 0 amide bonds. The van der Waals surface area contributed by atoms with Crippen molar-refractivity contribution < 1.29 is 10.0 Å². The van der Waals surface area contributed by atoms with Crippen molar-refractivity contribution in [2.45, 2.75) is 0 Å². The van der Waals surface area contributed by atoms with Crippen LogP contribution < -0.4 is 5.43 Å². The minimum absolute atomic E-state index is 0.00226. The highest BCUT2D eigenvalue weighted by atomic mass is 16.6. The van der Waals surface area contributed by atoms with E-state index in [1.807, 2.05) is 0 Å². The molecule has 6 nitrogen and oxygen atoms in total. The molecule has 0 aliphatic heterocycles. The molecule has 2 N–H and O–H groups in total. The van der Waals surface area contributed by atoms with Crippen LogP contribution in [0.5, 0.6) is 5.75 Å². The van der Waals surface area contributed by atoms with E-state index >= 15 is 0 Å². The average Bonchev–Trinajstić information content (AvgIpc) is 2.39. The van der Waals surface area contributed by atoms with Crippen LogP contribution in [0, 0.1) is 10.1 Å². The molecule has 0 aliphatic carbocycles. The number of non-ortho nitro benzene ring substituents is 1. The number of nitro groups is 1. The van der Waals surface area contributed by atoms with Crippen LogP contribution in [-0.2, 0) is 0 Å². The SMILES string of the molecule is O=[N+]([O-])c1cccc(NN=Cc2cccc(O)c2)c1. The van der Waals surface area contributed by atoms with E-state index in [9.17, 15) is 15.2 Å². The Kier molecular flexibility index (Phi) is 3.72. The molecule has 2 aromatic rings. The number of nitrogens with one attached hydrogen (secondary N) is 1. The third-order valence-corrected chi connectivity index (χ3v) is 2.33. The maximum atomic E-state index is 10.6. The zero-order chi connectivity index (χ0) is 13.7. The third-order valence-electron chi connectivity index (χ3n) is 2.33. The molecule has 0 aromatic heterocycles. The van der Waals surface area contributed by atoms with Crippen LogP contribution in [0.3, 0.4) is 0 Å². The molecule has 2 aromatic carbocycles. The van der Waals surface area contributed by atoms with Crippen molar-refractivity contribution in [3.05, 3.63) is 64.2 Å². The first-order valence-electron chi connectivity index (χ1n) is 5.48. The highest BCUT2D eigenvalue weighted by molar-refractivity contribution is 5.80. The number of hydrogen-bond acceptors (Lipinski definition) is 5. The second kappa shape index (κ2) is 5.63. The molecule has 96 valence electrons. The molecule has 0 atom stereocenters. The van der Waals surface area contributed by atoms with Crippen molar-refractivity contribution >= 4 is 17.6 Å². The van der Waals surface area contributed by atoms with E-state index in [-0.39, 0.29) is 11.4 Å². The smallest absolute Gasteiger partial charge is 0.271 e. The van der Waals surface area contributed by atoms with Crippen LogP contribution in [-0.4, -0.2) is 16.2 Å². The summed E-state index contributed by atoms with van der Waals surface area (Å²) in [5, 5.41) is 23.8. The van der Waals surface area contributed by atoms with E-state index in [4.69, 9.17) is 0 Å². The van der Waals surface area contributed by atoms with Crippen molar-refractivity contribution in [1.82, 2.24) is 0 Å². The molecular formula is C13H11N3O3. The summed E-state index contributed by atoms with van der Waals surface area (Å²) in [5.41, 5.74) is 3.93. The molecule has 0 bridgehead atoms. The first-order chi connectivity index (χ1) is 9.15. The minimum atomic E-state index is -0.468. The molecule has 19 heavy (non-hydrogen) atoms. The van der Waals surface area contributed by atoms with Gasteiger partial charge < -0.3 is 5.11 Å². The van der Waals surface area contributed by atoms with E-state index < -0.39 is 4.92 Å². The third kappa shape index (κ3) is 3.53. The van der Waals surface area contributed by atoms with Gasteiger partial charge in [0.1, 0.15) is 5.75 Å². The van der Waals surface area contributed by atoms with Crippen LogP contribution in [0.1, 0.15) is 5.56 Å². The van der Waals surface area contributed by atoms with Gasteiger partial charge in [-0.1, -0.05) is 18.2 Å². The number of hydrogen-bond donors (Lipinski definition) is 2. The van der Waals surface area contributed by atoms with E-state index in [0.29, 0.717) is 5.69 Å². The van der Waals surface area contributed by atoms with Gasteiger partial charge in [0.2, 0.25) is 0 Å². The molecule has 0 unspecified atom stereocenters. The van der Waals surface area contributed by atoms with Crippen molar-refractivity contribution in [3.8, 4) is 5.75 Å². The van der Waals surface area contributed by atoms with Gasteiger partial charge in [-0.15, -0.1) is 0 Å². The first-order valence-corrected chi connectivity index (χ1v) is 5.48. The summed E-state index contributed by atoms with van der Waals surface area (Å²) in [6.07, 6.45) is 1.51. The summed E-state index contributed by atoms with van der Waals surface area (Å²) < 4.78 is 0. The Hall–Kier alpha value is -2.89. The van der Waals surface area contributed by atoms with Gasteiger partial charge in [0.15, 0.2) is 0 Å². The van der Waals surface area contributed by atoms with Crippen molar-refractivity contribution in [1.29, 1.82) is 0 Å². The Morgan fingerprint density at radius 1 is 1.21 bits per heavy atom. The Morgan fingerprint density at radius 3 is 2.74 bits per heavy atom. The van der Waals surface area contributed by atoms with Crippen molar-refractivity contribution in [2.75, 3.05) is 5.43 Å². The molecule has 0 fully saturated rings. The second-order valence-electron chi connectivity index (χ2n) is 3.77. The summed E-state index contributed by atoms with van der Waals surface area (Å²) in [7, 11) is 0. The zero-order valence-electron chi connectivity index (χ0n) is 9.85. The maximum Gasteiger partial charge on any atom is 0.271 e. The molecule has 0 aliphatic rings. The van der Waals surface area contributed by atoms with E-state index in [1.54, 1.807) is 36.4 Å². The fourth-order valence-corrected chi connectivity index (χ4v) is 1.48. The average molecular weight is 257 g/mol. The second-order valence-corrected chi connectivity index (χ2v) is 3.77. The lowest BCUT2D eigenvalue weighted by Gasteiger charge is -1.99. The Morgan fingerprint density at radius 2 is 2.00 bits per heavy atom. The monoisotopic (exact) mass is 257 g/mol. The molecule has 0 heterocycles. The Bertz CT molecular complexity index is 626. The molecule has 2 rings (SSSR count). The summed E-state index contributed by atoms with van der Waals surface area (Å²) in [4.78, 5) is 10.1. The van der Waals surface area contributed by atoms with Gasteiger partial charge in [-0.3, -0.25) is 15.5 Å².